The Kier molecular flexibility index (Phi) is 3.59. The molecular formula is C5H6FO3-. The number of carbonyl (C=O) groups is 2. The third-order valence-electron chi connectivity index (χ3n) is 0.757. The van der Waals surface area contributed by atoms with Crippen LogP contribution in [0.1, 0.15) is 12.8 Å². The summed E-state index contributed by atoms with van der Waals surface area (Å²) in [4.78, 5) is 19.7. The molecule has 0 aromatic rings. The largest absolute Gasteiger partial charge is 0.550 e. The lowest BCUT2D eigenvalue weighted by molar-refractivity contribution is -0.305. The summed E-state index contributed by atoms with van der Waals surface area (Å²) in [7, 11) is 0. The Hall–Kier alpha value is -0.930. The van der Waals surface area contributed by atoms with Crippen molar-refractivity contribution in [3.63, 3.8) is 0 Å². The first-order valence-corrected chi connectivity index (χ1v) is 2.44. The molecule has 52 valence electrons. The Morgan fingerprint density at radius 2 is 1.89 bits per heavy atom. The fraction of sp³-hybridized carbons (Fsp3) is 0.600. The number of hydrogen-bond donors (Lipinski definition) is 0. The molecule has 0 amide bonds. The molecule has 9 heavy (non-hydrogen) atoms. The van der Waals surface area contributed by atoms with E-state index in [1.165, 1.54) is 0 Å². The van der Waals surface area contributed by atoms with E-state index in [1.807, 2.05) is 0 Å². The van der Waals surface area contributed by atoms with Crippen LogP contribution in [-0.2, 0) is 9.59 Å². The maximum atomic E-state index is 11.3. The van der Waals surface area contributed by atoms with E-state index in [2.05, 4.69) is 0 Å². The van der Waals surface area contributed by atoms with Crippen molar-refractivity contribution in [2.24, 2.45) is 0 Å². The molecule has 0 saturated carbocycles. The highest BCUT2D eigenvalue weighted by atomic mass is 19.1. The average Bonchev–Trinajstić information content (AvgIpc) is 1.83. The second-order valence-corrected chi connectivity index (χ2v) is 1.54. The summed E-state index contributed by atoms with van der Waals surface area (Å²) in [6.07, 6.45) is -0.651. The summed E-state index contributed by atoms with van der Waals surface area (Å²) in [5.41, 5.74) is 0. The van der Waals surface area contributed by atoms with Gasteiger partial charge < -0.3 is 9.90 Å². The van der Waals surface area contributed by atoms with Crippen molar-refractivity contribution in [2.45, 2.75) is 12.8 Å². The van der Waals surface area contributed by atoms with Crippen LogP contribution in [0.4, 0.5) is 4.39 Å². The lowest BCUT2D eigenvalue weighted by Gasteiger charge is -1.96. The third kappa shape index (κ3) is 4.93. The highest BCUT2D eigenvalue weighted by Crippen LogP contribution is 1.88. The third-order valence-corrected chi connectivity index (χ3v) is 0.757. The fourth-order valence-corrected chi connectivity index (χ4v) is 0.308. The summed E-state index contributed by atoms with van der Waals surface area (Å²) in [6.45, 7) is -1.09. The van der Waals surface area contributed by atoms with Gasteiger partial charge in [-0.2, -0.15) is 0 Å². The summed E-state index contributed by atoms with van der Waals surface area (Å²) >= 11 is 0. The summed E-state index contributed by atoms with van der Waals surface area (Å²) in [6, 6.07) is 0. The number of Topliss-reactive ketones (excluding diaryl/α,β-unsaturated/α-hetero) is 1. The minimum atomic E-state index is -1.32. The summed E-state index contributed by atoms with van der Waals surface area (Å²) in [5, 5.41) is 9.63. The van der Waals surface area contributed by atoms with Gasteiger partial charge in [-0.25, -0.2) is 4.39 Å². The van der Waals surface area contributed by atoms with Crippen molar-refractivity contribution >= 4 is 11.8 Å². The number of ketones is 1. The number of aliphatic carboxylic acids is 1. The Bertz CT molecular complexity index is 121. The quantitative estimate of drug-likeness (QED) is 0.497. The summed E-state index contributed by atoms with van der Waals surface area (Å²) < 4.78 is 11.3. The molecule has 0 radical (unpaired) electrons. The predicted octanol–water partition coefficient (Wildman–Crippen LogP) is -0.945. The number of alkyl halides is 1. The van der Waals surface area contributed by atoms with Crippen molar-refractivity contribution < 1.29 is 19.1 Å². The standard InChI is InChI=1S/C5H7FO3/c6-3-4(7)1-2-5(8)9/h1-3H2,(H,8,9)/p-1. The molecule has 0 N–H and O–H groups in total. The molecule has 0 bridgehead atoms. The van der Waals surface area contributed by atoms with Crippen LogP contribution in [-0.4, -0.2) is 18.4 Å². The number of rotatable bonds is 4. The van der Waals surface area contributed by atoms with Crippen LogP contribution in [0, 0.1) is 0 Å². The smallest absolute Gasteiger partial charge is 0.164 e. The van der Waals surface area contributed by atoms with Gasteiger partial charge in [-0.15, -0.1) is 0 Å². The molecule has 3 nitrogen and oxygen atoms in total. The summed E-state index contributed by atoms with van der Waals surface area (Å²) in [5.74, 6) is -2.02. The van der Waals surface area contributed by atoms with E-state index in [9.17, 15) is 19.1 Å². The van der Waals surface area contributed by atoms with Crippen LogP contribution in [0.3, 0.4) is 0 Å². The second kappa shape index (κ2) is 4.00. The molecule has 0 aromatic heterocycles. The van der Waals surface area contributed by atoms with Crippen LogP contribution in [0.5, 0.6) is 0 Å². The molecule has 0 aliphatic rings. The maximum Gasteiger partial charge on any atom is 0.164 e. The second-order valence-electron chi connectivity index (χ2n) is 1.54. The van der Waals surface area contributed by atoms with Gasteiger partial charge in [0.25, 0.3) is 0 Å². The van der Waals surface area contributed by atoms with Crippen LogP contribution in [0.2, 0.25) is 0 Å². The Morgan fingerprint density at radius 3 is 2.22 bits per heavy atom. The van der Waals surface area contributed by atoms with Crippen LogP contribution >= 0.6 is 0 Å². The number of halogens is 1. The number of carbonyl (C=O) groups excluding carboxylic acids is 2. The van der Waals surface area contributed by atoms with E-state index in [-0.39, 0.29) is 12.8 Å². The van der Waals surface area contributed by atoms with Gasteiger partial charge in [0.1, 0.15) is 6.67 Å². The first-order valence-electron chi connectivity index (χ1n) is 2.44. The molecule has 0 fully saturated rings. The van der Waals surface area contributed by atoms with Crippen LogP contribution in [0.15, 0.2) is 0 Å². The normalized spacial score (nSPS) is 9.00. The van der Waals surface area contributed by atoms with Crippen molar-refractivity contribution in [1.29, 1.82) is 0 Å². The number of carboxylic acids is 1. The van der Waals surface area contributed by atoms with Crippen molar-refractivity contribution in [3.05, 3.63) is 0 Å². The van der Waals surface area contributed by atoms with Gasteiger partial charge >= 0.3 is 0 Å². The molecule has 0 rings (SSSR count). The molecule has 0 aliphatic carbocycles. The zero-order valence-corrected chi connectivity index (χ0v) is 4.72. The highest BCUT2D eigenvalue weighted by Gasteiger charge is 1.98. The Morgan fingerprint density at radius 1 is 1.33 bits per heavy atom. The molecule has 0 saturated heterocycles. The molecule has 0 aromatic carbocycles. The number of carboxylic acid groups (broad SMARTS) is 1. The molecule has 0 aliphatic heterocycles. The van der Waals surface area contributed by atoms with E-state index in [1.54, 1.807) is 0 Å². The van der Waals surface area contributed by atoms with Gasteiger partial charge in [0.2, 0.25) is 0 Å². The van der Waals surface area contributed by atoms with Gasteiger partial charge in [-0.05, 0) is 6.42 Å². The van der Waals surface area contributed by atoms with Gasteiger partial charge in [0.15, 0.2) is 5.78 Å². The van der Waals surface area contributed by atoms with Crippen molar-refractivity contribution in [2.75, 3.05) is 6.67 Å². The van der Waals surface area contributed by atoms with Gasteiger partial charge in [-0.3, -0.25) is 4.79 Å². The zero-order chi connectivity index (χ0) is 7.28. The molecular weight excluding hydrogens is 127 g/mol. The van der Waals surface area contributed by atoms with E-state index in [0.717, 1.165) is 0 Å². The van der Waals surface area contributed by atoms with Gasteiger partial charge in [-0.1, -0.05) is 0 Å². The molecule has 0 spiro atoms. The Labute approximate surface area is 51.5 Å². The molecule has 4 heteroatoms. The topological polar surface area (TPSA) is 57.2 Å². The minimum Gasteiger partial charge on any atom is -0.550 e. The monoisotopic (exact) mass is 133 g/mol. The van der Waals surface area contributed by atoms with Crippen LogP contribution in [0.25, 0.3) is 0 Å². The lowest BCUT2D eigenvalue weighted by Crippen LogP contribution is -2.22. The van der Waals surface area contributed by atoms with Crippen LogP contribution < -0.4 is 5.11 Å². The first kappa shape index (κ1) is 8.07. The van der Waals surface area contributed by atoms with Crippen molar-refractivity contribution in [3.8, 4) is 0 Å². The average molecular weight is 133 g/mol. The lowest BCUT2D eigenvalue weighted by atomic mass is 10.2. The van der Waals surface area contributed by atoms with Crippen molar-refractivity contribution in [1.82, 2.24) is 0 Å². The molecule has 0 atom stereocenters. The van der Waals surface area contributed by atoms with E-state index >= 15 is 0 Å². The zero-order valence-electron chi connectivity index (χ0n) is 4.72. The van der Waals surface area contributed by atoms with Gasteiger partial charge in [0.05, 0.1) is 0 Å². The minimum absolute atomic E-state index is 0.265. The van der Waals surface area contributed by atoms with E-state index in [0.29, 0.717) is 0 Å². The SMILES string of the molecule is O=C([O-])CCC(=O)CF. The van der Waals surface area contributed by atoms with Gasteiger partial charge in [0, 0.05) is 12.4 Å². The highest BCUT2D eigenvalue weighted by molar-refractivity contribution is 5.82. The maximum absolute atomic E-state index is 11.3. The number of hydrogen-bond acceptors (Lipinski definition) is 3. The van der Waals surface area contributed by atoms with E-state index in [4.69, 9.17) is 0 Å². The first-order chi connectivity index (χ1) is 4.16. The molecule has 0 unspecified atom stereocenters. The molecule has 0 heterocycles. The fourth-order valence-electron chi connectivity index (χ4n) is 0.308. The van der Waals surface area contributed by atoms with E-state index < -0.39 is 18.4 Å². The Balaban J connectivity index is 3.28. The predicted molar refractivity (Wildman–Crippen MR) is 25.2 cm³/mol.